The Bertz CT molecular complexity index is 756. The highest BCUT2D eigenvalue weighted by molar-refractivity contribution is 9.10. The summed E-state index contributed by atoms with van der Waals surface area (Å²) in [7, 11) is 0. The summed E-state index contributed by atoms with van der Waals surface area (Å²) in [5.74, 6) is 0.846. The summed E-state index contributed by atoms with van der Waals surface area (Å²) >= 11 is 15.4. The van der Waals surface area contributed by atoms with Crippen LogP contribution in [0, 0.1) is 0 Å². The average Bonchev–Trinajstić information content (AvgIpc) is 2.92. The summed E-state index contributed by atoms with van der Waals surface area (Å²) in [5, 5.41) is 5.04. The van der Waals surface area contributed by atoms with Crippen LogP contribution in [0.1, 0.15) is 0 Å². The summed E-state index contributed by atoms with van der Waals surface area (Å²) in [6.07, 6.45) is 0. The standard InChI is InChI=1S/C14H7BrCl2N2O/c15-9-3-1-8(2-4-9)13-18-14(20-19-13)11-7-10(16)5-6-12(11)17/h1-7H. The van der Waals surface area contributed by atoms with Crippen molar-refractivity contribution in [3.63, 3.8) is 0 Å². The van der Waals surface area contributed by atoms with Crippen LogP contribution < -0.4 is 0 Å². The van der Waals surface area contributed by atoms with E-state index in [0.717, 1.165) is 10.0 Å². The smallest absolute Gasteiger partial charge is 0.259 e. The minimum atomic E-state index is 0.343. The van der Waals surface area contributed by atoms with Gasteiger partial charge in [0.05, 0.1) is 10.6 Å². The molecule has 3 rings (SSSR count). The molecular formula is C14H7BrCl2N2O. The maximum Gasteiger partial charge on any atom is 0.259 e. The molecule has 1 aromatic heterocycles. The van der Waals surface area contributed by atoms with Gasteiger partial charge in [-0.2, -0.15) is 4.98 Å². The first-order chi connectivity index (χ1) is 9.63. The van der Waals surface area contributed by atoms with E-state index in [1.165, 1.54) is 0 Å². The van der Waals surface area contributed by atoms with Crippen LogP contribution >= 0.6 is 39.1 Å². The summed E-state index contributed by atoms with van der Waals surface area (Å²) in [4.78, 5) is 4.35. The zero-order valence-electron chi connectivity index (χ0n) is 9.98. The Morgan fingerprint density at radius 3 is 2.50 bits per heavy atom. The molecule has 0 saturated carbocycles. The predicted molar refractivity (Wildman–Crippen MR) is 82.9 cm³/mol. The first-order valence-corrected chi connectivity index (χ1v) is 7.23. The molecule has 0 aliphatic rings. The molecule has 0 N–H and O–H groups in total. The van der Waals surface area contributed by atoms with Crippen LogP contribution in [-0.4, -0.2) is 10.1 Å². The van der Waals surface area contributed by atoms with Crippen LogP contribution in [0.15, 0.2) is 51.5 Å². The number of aromatic nitrogens is 2. The second kappa shape index (κ2) is 5.56. The van der Waals surface area contributed by atoms with Crippen molar-refractivity contribution in [3.05, 3.63) is 57.0 Å². The van der Waals surface area contributed by atoms with Gasteiger partial charge >= 0.3 is 0 Å². The van der Waals surface area contributed by atoms with Gasteiger partial charge in [-0.15, -0.1) is 0 Å². The second-order valence-electron chi connectivity index (χ2n) is 4.05. The van der Waals surface area contributed by atoms with Crippen molar-refractivity contribution >= 4 is 39.1 Å². The molecule has 0 bridgehead atoms. The number of hydrogen-bond donors (Lipinski definition) is 0. The number of halogens is 3. The van der Waals surface area contributed by atoms with Crippen LogP contribution in [-0.2, 0) is 0 Å². The Kier molecular flexibility index (Phi) is 3.78. The van der Waals surface area contributed by atoms with Crippen LogP contribution in [0.3, 0.4) is 0 Å². The van der Waals surface area contributed by atoms with E-state index in [-0.39, 0.29) is 0 Å². The van der Waals surface area contributed by atoms with Gasteiger partial charge in [0.25, 0.3) is 5.89 Å². The van der Waals surface area contributed by atoms with E-state index in [4.69, 9.17) is 27.7 Å². The van der Waals surface area contributed by atoms with Gasteiger partial charge in [0.2, 0.25) is 5.82 Å². The molecule has 3 aromatic rings. The SMILES string of the molecule is Clc1ccc(Cl)c(-c2nc(-c3ccc(Br)cc3)no2)c1. The molecule has 100 valence electrons. The number of rotatable bonds is 2. The van der Waals surface area contributed by atoms with Crippen molar-refractivity contribution in [2.24, 2.45) is 0 Å². The molecule has 0 spiro atoms. The summed E-state index contributed by atoms with van der Waals surface area (Å²) in [5.41, 5.74) is 1.48. The third-order valence-corrected chi connectivity index (χ3v) is 3.78. The van der Waals surface area contributed by atoms with E-state index in [9.17, 15) is 0 Å². The lowest BCUT2D eigenvalue weighted by atomic mass is 10.2. The van der Waals surface area contributed by atoms with Gasteiger partial charge in [0, 0.05) is 15.1 Å². The fourth-order valence-corrected chi connectivity index (χ4v) is 2.35. The van der Waals surface area contributed by atoms with Gasteiger partial charge in [-0.25, -0.2) is 0 Å². The second-order valence-corrected chi connectivity index (χ2v) is 5.81. The van der Waals surface area contributed by atoms with Crippen molar-refractivity contribution in [1.82, 2.24) is 10.1 Å². The molecule has 0 radical (unpaired) electrons. The Balaban J connectivity index is 2.01. The van der Waals surface area contributed by atoms with Crippen LogP contribution in [0.5, 0.6) is 0 Å². The molecule has 0 unspecified atom stereocenters. The highest BCUT2D eigenvalue weighted by Crippen LogP contribution is 2.30. The summed E-state index contributed by atoms with van der Waals surface area (Å²) in [6.45, 7) is 0. The van der Waals surface area contributed by atoms with Gasteiger partial charge < -0.3 is 4.52 Å². The Morgan fingerprint density at radius 1 is 1.00 bits per heavy atom. The number of nitrogens with zero attached hydrogens (tertiary/aromatic N) is 2. The zero-order chi connectivity index (χ0) is 14.1. The molecule has 20 heavy (non-hydrogen) atoms. The molecule has 0 aliphatic carbocycles. The molecule has 0 aliphatic heterocycles. The minimum absolute atomic E-state index is 0.343. The Hall–Kier alpha value is -1.36. The zero-order valence-corrected chi connectivity index (χ0v) is 13.1. The monoisotopic (exact) mass is 368 g/mol. The van der Waals surface area contributed by atoms with Gasteiger partial charge in [-0.3, -0.25) is 0 Å². The fraction of sp³-hybridized carbons (Fsp3) is 0. The highest BCUT2D eigenvalue weighted by atomic mass is 79.9. The van der Waals surface area contributed by atoms with Crippen LogP contribution in [0.25, 0.3) is 22.8 Å². The van der Waals surface area contributed by atoms with Gasteiger partial charge in [0.15, 0.2) is 0 Å². The molecule has 0 atom stereocenters. The fourth-order valence-electron chi connectivity index (χ4n) is 1.71. The molecule has 0 amide bonds. The van der Waals surface area contributed by atoms with Crippen molar-refractivity contribution < 1.29 is 4.52 Å². The van der Waals surface area contributed by atoms with Crippen molar-refractivity contribution in [2.45, 2.75) is 0 Å². The molecule has 0 saturated heterocycles. The van der Waals surface area contributed by atoms with E-state index in [2.05, 4.69) is 26.1 Å². The topological polar surface area (TPSA) is 38.9 Å². The Labute approximate surface area is 133 Å². The molecule has 0 fully saturated rings. The quantitative estimate of drug-likeness (QED) is 0.600. The first kappa shape index (κ1) is 13.6. The maximum absolute atomic E-state index is 6.11. The third-order valence-electron chi connectivity index (χ3n) is 2.69. The van der Waals surface area contributed by atoms with Gasteiger partial charge in [-0.05, 0) is 42.5 Å². The third kappa shape index (κ3) is 2.73. The molecular weight excluding hydrogens is 363 g/mol. The lowest BCUT2D eigenvalue weighted by molar-refractivity contribution is 0.432. The van der Waals surface area contributed by atoms with Crippen molar-refractivity contribution in [3.8, 4) is 22.8 Å². The van der Waals surface area contributed by atoms with E-state index in [1.807, 2.05) is 24.3 Å². The van der Waals surface area contributed by atoms with E-state index < -0.39 is 0 Å². The van der Waals surface area contributed by atoms with Crippen molar-refractivity contribution in [2.75, 3.05) is 0 Å². The normalized spacial score (nSPS) is 10.8. The molecule has 2 aromatic carbocycles. The largest absolute Gasteiger partial charge is 0.334 e. The molecule has 3 nitrogen and oxygen atoms in total. The van der Waals surface area contributed by atoms with E-state index in [1.54, 1.807) is 18.2 Å². The highest BCUT2D eigenvalue weighted by Gasteiger charge is 2.13. The number of benzene rings is 2. The summed E-state index contributed by atoms with van der Waals surface area (Å²) < 4.78 is 6.24. The van der Waals surface area contributed by atoms with Gasteiger partial charge in [0.1, 0.15) is 0 Å². The van der Waals surface area contributed by atoms with Crippen molar-refractivity contribution in [1.29, 1.82) is 0 Å². The van der Waals surface area contributed by atoms with E-state index in [0.29, 0.717) is 27.3 Å². The van der Waals surface area contributed by atoms with Gasteiger partial charge in [-0.1, -0.05) is 44.3 Å². The number of hydrogen-bond acceptors (Lipinski definition) is 3. The van der Waals surface area contributed by atoms with E-state index >= 15 is 0 Å². The molecule has 6 heteroatoms. The lowest BCUT2D eigenvalue weighted by Crippen LogP contribution is -1.82. The molecule has 1 heterocycles. The van der Waals surface area contributed by atoms with Crippen LogP contribution in [0.2, 0.25) is 10.0 Å². The summed E-state index contributed by atoms with van der Waals surface area (Å²) in [6, 6.07) is 12.7. The minimum Gasteiger partial charge on any atom is -0.334 e. The predicted octanol–water partition coefficient (Wildman–Crippen LogP) is 5.47. The average molecular weight is 370 g/mol. The Morgan fingerprint density at radius 2 is 1.75 bits per heavy atom. The first-order valence-electron chi connectivity index (χ1n) is 5.68. The van der Waals surface area contributed by atoms with Crippen LogP contribution in [0.4, 0.5) is 0 Å². The maximum atomic E-state index is 6.11. The lowest BCUT2D eigenvalue weighted by Gasteiger charge is -1.98.